The summed E-state index contributed by atoms with van der Waals surface area (Å²) in [7, 11) is 5.77. The molecule has 0 aliphatic carbocycles. The van der Waals surface area contributed by atoms with Gasteiger partial charge in [0.25, 0.3) is 0 Å². The molecule has 24 heavy (non-hydrogen) atoms. The van der Waals surface area contributed by atoms with E-state index in [4.69, 9.17) is 4.74 Å². The van der Waals surface area contributed by atoms with Crippen LogP contribution in [0.5, 0.6) is 0 Å². The molecule has 0 unspecified atom stereocenters. The fourth-order valence-electron chi connectivity index (χ4n) is 3.95. The lowest BCUT2D eigenvalue weighted by atomic mass is 10.0. The predicted molar refractivity (Wildman–Crippen MR) is 97.5 cm³/mol. The van der Waals surface area contributed by atoms with Crippen LogP contribution in [0.4, 0.5) is 5.69 Å². The zero-order valence-electron chi connectivity index (χ0n) is 15.2. The van der Waals surface area contributed by atoms with Crippen LogP contribution in [0.1, 0.15) is 19.4 Å². The highest BCUT2D eigenvalue weighted by molar-refractivity contribution is 5.98. The zero-order valence-corrected chi connectivity index (χ0v) is 15.2. The van der Waals surface area contributed by atoms with E-state index in [2.05, 4.69) is 60.1 Å². The Morgan fingerprint density at radius 2 is 2.08 bits per heavy atom. The first-order valence-electron chi connectivity index (χ1n) is 8.53. The summed E-state index contributed by atoms with van der Waals surface area (Å²) in [4.78, 5) is 15.0. The highest BCUT2D eigenvalue weighted by Gasteiger charge is 2.32. The van der Waals surface area contributed by atoms with Gasteiger partial charge >= 0.3 is 0 Å². The van der Waals surface area contributed by atoms with Gasteiger partial charge in [-0.2, -0.15) is 0 Å². The second-order valence-corrected chi connectivity index (χ2v) is 7.10. The second kappa shape index (κ2) is 6.48. The number of benzene rings is 1. The number of amides is 1. The van der Waals surface area contributed by atoms with Crippen molar-refractivity contribution in [2.75, 3.05) is 25.7 Å². The Morgan fingerprint density at radius 1 is 1.33 bits per heavy atom. The summed E-state index contributed by atoms with van der Waals surface area (Å²) < 4.78 is 7.51. The third-order valence-corrected chi connectivity index (χ3v) is 4.95. The van der Waals surface area contributed by atoms with Crippen molar-refractivity contribution in [2.24, 2.45) is 13.0 Å². The number of carbonyl (C=O) groups is 1. The average Bonchev–Trinajstić information content (AvgIpc) is 2.84. The molecule has 0 fully saturated rings. The maximum absolute atomic E-state index is 12.9. The summed E-state index contributed by atoms with van der Waals surface area (Å²) in [6.07, 6.45) is 2.94. The minimum Gasteiger partial charge on any atom is -0.383 e. The Hall–Kier alpha value is -2.01. The third kappa shape index (κ3) is 2.77. The fourth-order valence-corrected chi connectivity index (χ4v) is 3.95. The van der Waals surface area contributed by atoms with Crippen LogP contribution in [0.3, 0.4) is 0 Å². The maximum atomic E-state index is 12.9. The Morgan fingerprint density at radius 3 is 2.75 bits per heavy atom. The molecule has 1 aromatic carbocycles. The highest BCUT2D eigenvalue weighted by Crippen LogP contribution is 2.34. The minimum absolute atomic E-state index is 0.0195. The van der Waals surface area contributed by atoms with Crippen LogP contribution in [0.25, 0.3) is 10.9 Å². The molecule has 5 nitrogen and oxygen atoms in total. The Kier molecular flexibility index (Phi) is 4.54. The van der Waals surface area contributed by atoms with Gasteiger partial charge in [0.2, 0.25) is 5.91 Å². The molecule has 1 aromatic heterocycles. The molecule has 0 spiro atoms. The maximum Gasteiger partial charge on any atom is 0.243 e. The van der Waals surface area contributed by atoms with E-state index in [1.165, 1.54) is 16.5 Å². The molecule has 2 aromatic rings. The van der Waals surface area contributed by atoms with E-state index in [0.29, 0.717) is 6.61 Å². The number of nitrogens with one attached hydrogen (secondary N) is 1. The molecule has 2 heterocycles. The van der Waals surface area contributed by atoms with E-state index in [1.54, 1.807) is 7.11 Å². The van der Waals surface area contributed by atoms with E-state index >= 15 is 0 Å². The van der Waals surface area contributed by atoms with Crippen LogP contribution in [0.15, 0.2) is 24.4 Å². The SMILES string of the molecule is COC[C@@H]1Cc2cn(C)c3cccc(c23)N(C)[C@@H](C(C)C)C(=O)N1. The molecule has 1 N–H and O–H groups in total. The summed E-state index contributed by atoms with van der Waals surface area (Å²) in [5.41, 5.74) is 3.57. The largest absolute Gasteiger partial charge is 0.383 e. The van der Waals surface area contributed by atoms with Gasteiger partial charge in [-0.15, -0.1) is 0 Å². The monoisotopic (exact) mass is 329 g/mol. The molecule has 1 aliphatic heterocycles. The molecule has 1 amide bonds. The average molecular weight is 329 g/mol. The highest BCUT2D eigenvalue weighted by atomic mass is 16.5. The van der Waals surface area contributed by atoms with Crippen molar-refractivity contribution in [2.45, 2.75) is 32.4 Å². The first-order chi connectivity index (χ1) is 11.4. The normalized spacial score (nSPS) is 21.6. The summed E-state index contributed by atoms with van der Waals surface area (Å²) >= 11 is 0. The van der Waals surface area contributed by atoms with Crippen LogP contribution >= 0.6 is 0 Å². The van der Waals surface area contributed by atoms with Crippen LogP contribution in [-0.2, 0) is 23.0 Å². The Bertz CT molecular complexity index is 750. The van der Waals surface area contributed by atoms with Gasteiger partial charge in [0.15, 0.2) is 0 Å². The third-order valence-electron chi connectivity index (χ3n) is 4.95. The lowest BCUT2D eigenvalue weighted by Gasteiger charge is -2.32. The number of carbonyl (C=O) groups excluding carboxylic acids is 1. The number of methoxy groups -OCH3 is 1. The van der Waals surface area contributed by atoms with Gasteiger partial charge in [-0.25, -0.2) is 0 Å². The summed E-state index contributed by atoms with van der Waals surface area (Å²) in [6.45, 7) is 4.70. The molecule has 3 rings (SSSR count). The van der Waals surface area contributed by atoms with E-state index in [-0.39, 0.29) is 23.9 Å². The summed E-state index contributed by atoms with van der Waals surface area (Å²) in [5, 5.41) is 4.44. The van der Waals surface area contributed by atoms with Crippen molar-refractivity contribution >= 4 is 22.5 Å². The first kappa shape index (κ1) is 16.8. The smallest absolute Gasteiger partial charge is 0.243 e. The number of likely N-dealkylation sites (N-methyl/N-ethyl adjacent to an activating group) is 1. The second-order valence-electron chi connectivity index (χ2n) is 7.10. The van der Waals surface area contributed by atoms with Crippen molar-refractivity contribution in [3.8, 4) is 0 Å². The lowest BCUT2D eigenvalue weighted by molar-refractivity contribution is -0.124. The molecule has 130 valence electrons. The summed E-state index contributed by atoms with van der Waals surface area (Å²) in [6, 6.07) is 6.09. The van der Waals surface area contributed by atoms with E-state index in [0.717, 1.165) is 12.1 Å². The van der Waals surface area contributed by atoms with Crippen molar-refractivity contribution in [1.29, 1.82) is 0 Å². The number of ether oxygens (including phenoxy) is 1. The quantitative estimate of drug-likeness (QED) is 0.940. The van der Waals surface area contributed by atoms with Crippen LogP contribution < -0.4 is 10.2 Å². The molecular formula is C19H27N3O2. The number of rotatable bonds is 3. The van der Waals surface area contributed by atoms with Gasteiger partial charge < -0.3 is 19.5 Å². The van der Waals surface area contributed by atoms with Crippen molar-refractivity contribution in [3.05, 3.63) is 30.0 Å². The first-order valence-corrected chi connectivity index (χ1v) is 8.53. The number of hydrogen-bond donors (Lipinski definition) is 1. The Labute approximate surface area is 143 Å². The molecule has 5 heteroatoms. The molecule has 0 bridgehead atoms. The molecule has 2 atom stereocenters. The van der Waals surface area contributed by atoms with Gasteiger partial charge in [-0.05, 0) is 30.0 Å². The van der Waals surface area contributed by atoms with Gasteiger partial charge in [-0.3, -0.25) is 4.79 Å². The van der Waals surface area contributed by atoms with Gasteiger partial charge in [0.05, 0.1) is 18.2 Å². The number of aromatic nitrogens is 1. The van der Waals surface area contributed by atoms with Gasteiger partial charge in [-0.1, -0.05) is 19.9 Å². The number of nitrogens with zero attached hydrogens (tertiary/aromatic N) is 2. The van der Waals surface area contributed by atoms with E-state index in [9.17, 15) is 4.79 Å². The zero-order chi connectivity index (χ0) is 17.4. The number of hydrogen-bond acceptors (Lipinski definition) is 3. The molecule has 1 aliphatic rings. The minimum atomic E-state index is -0.207. The van der Waals surface area contributed by atoms with Crippen LogP contribution in [-0.4, -0.2) is 43.3 Å². The fraction of sp³-hybridized carbons (Fsp3) is 0.526. The van der Waals surface area contributed by atoms with Crippen molar-refractivity contribution in [3.63, 3.8) is 0 Å². The number of anilines is 1. The summed E-state index contributed by atoms with van der Waals surface area (Å²) in [5.74, 6) is 0.278. The van der Waals surface area contributed by atoms with Crippen LogP contribution in [0, 0.1) is 5.92 Å². The predicted octanol–water partition coefficient (Wildman–Crippen LogP) is 2.33. The molecule has 0 saturated heterocycles. The molecular weight excluding hydrogens is 302 g/mol. The van der Waals surface area contributed by atoms with Crippen molar-refractivity contribution in [1.82, 2.24) is 9.88 Å². The topological polar surface area (TPSA) is 46.5 Å². The van der Waals surface area contributed by atoms with E-state index in [1.807, 2.05) is 7.05 Å². The molecule has 0 saturated carbocycles. The Balaban J connectivity index is 2.21. The van der Waals surface area contributed by atoms with Gasteiger partial charge in [0.1, 0.15) is 6.04 Å². The standard InChI is InChI=1S/C19H27N3O2/c1-12(2)18-19(23)20-14(11-24-5)9-13-10-21(3)15-7-6-8-16(17(13)15)22(18)4/h6-8,10,12,14,18H,9,11H2,1-5H3,(H,20,23)/t14-,18-/m0/s1. The van der Waals surface area contributed by atoms with Gasteiger partial charge in [0, 0.05) is 38.5 Å². The van der Waals surface area contributed by atoms with E-state index < -0.39 is 0 Å². The van der Waals surface area contributed by atoms with Crippen molar-refractivity contribution < 1.29 is 9.53 Å². The lowest BCUT2D eigenvalue weighted by Crippen LogP contribution is -2.52. The number of aryl methyl sites for hydroxylation is 1. The van der Waals surface area contributed by atoms with Crippen LogP contribution in [0.2, 0.25) is 0 Å². The molecule has 0 radical (unpaired) electrons.